The lowest BCUT2D eigenvalue weighted by Gasteiger charge is -2.43. The molecule has 1 saturated carbocycles. The van der Waals surface area contributed by atoms with Crippen LogP contribution in [0.5, 0.6) is 0 Å². The van der Waals surface area contributed by atoms with Gasteiger partial charge in [-0.15, -0.1) is 0 Å². The Morgan fingerprint density at radius 2 is 2.00 bits per heavy atom. The van der Waals surface area contributed by atoms with Crippen LogP contribution in [0.15, 0.2) is 0 Å². The van der Waals surface area contributed by atoms with Gasteiger partial charge in [-0.25, -0.2) is 0 Å². The van der Waals surface area contributed by atoms with Crippen LogP contribution < -0.4 is 0 Å². The lowest BCUT2D eigenvalue weighted by Crippen LogP contribution is -2.32. The molecule has 0 amide bonds. The molecule has 0 spiro atoms. The summed E-state index contributed by atoms with van der Waals surface area (Å²) in [5, 5.41) is 0. The van der Waals surface area contributed by atoms with Gasteiger partial charge in [-0.3, -0.25) is 0 Å². The molecule has 0 aliphatic heterocycles. The average Bonchev–Trinajstić information content (AvgIpc) is 1.83. The topological polar surface area (TPSA) is 0 Å². The van der Waals surface area contributed by atoms with Crippen molar-refractivity contribution in [1.29, 1.82) is 0 Å². The number of hydrogen-bond acceptors (Lipinski definition) is 0. The van der Waals surface area contributed by atoms with Crippen LogP contribution >= 0.6 is 0 Å². The Bertz CT molecular complexity index is 101. The second kappa shape index (κ2) is 2.94. The Labute approximate surface area is 65.0 Å². The van der Waals surface area contributed by atoms with Gasteiger partial charge >= 0.3 is 0 Å². The van der Waals surface area contributed by atoms with Gasteiger partial charge in [0.15, 0.2) is 0 Å². The molecule has 1 aliphatic carbocycles. The number of rotatable bonds is 3. The zero-order valence-electron chi connectivity index (χ0n) is 7.61. The van der Waals surface area contributed by atoms with Crippen molar-refractivity contribution in [2.75, 3.05) is 0 Å². The molecule has 0 aromatic rings. The van der Waals surface area contributed by atoms with E-state index in [0.717, 1.165) is 11.3 Å². The van der Waals surface area contributed by atoms with E-state index in [2.05, 4.69) is 20.8 Å². The van der Waals surface area contributed by atoms with E-state index in [9.17, 15) is 0 Å². The largest absolute Gasteiger partial charge is 0.0654 e. The molecule has 0 N–H and O–H groups in total. The van der Waals surface area contributed by atoms with Gasteiger partial charge in [0.2, 0.25) is 0 Å². The molecule has 1 fully saturated rings. The maximum Gasteiger partial charge on any atom is -0.0300 e. The molecule has 10 heavy (non-hydrogen) atoms. The standard InChI is InChI=1S/C10H20/c1-4-6-9(2)10(3)7-5-8-10/h9H,4-8H2,1-3H3. The van der Waals surface area contributed by atoms with Gasteiger partial charge in [-0.2, -0.15) is 0 Å². The zero-order valence-corrected chi connectivity index (χ0v) is 7.61. The van der Waals surface area contributed by atoms with Crippen LogP contribution in [-0.4, -0.2) is 0 Å². The molecule has 1 atom stereocenters. The highest BCUT2D eigenvalue weighted by Gasteiger charge is 2.36. The highest BCUT2D eigenvalue weighted by atomic mass is 14.4. The molecule has 0 heteroatoms. The van der Waals surface area contributed by atoms with E-state index in [1.165, 1.54) is 32.1 Å². The minimum absolute atomic E-state index is 0.732. The Hall–Kier alpha value is 0. The highest BCUT2D eigenvalue weighted by molar-refractivity contribution is 4.87. The van der Waals surface area contributed by atoms with Crippen molar-refractivity contribution in [1.82, 2.24) is 0 Å². The predicted octanol–water partition coefficient (Wildman–Crippen LogP) is 3.61. The van der Waals surface area contributed by atoms with Crippen molar-refractivity contribution >= 4 is 0 Å². The first-order valence-electron chi connectivity index (χ1n) is 4.69. The Kier molecular flexibility index (Phi) is 2.38. The lowest BCUT2D eigenvalue weighted by atomic mass is 9.62. The normalized spacial score (nSPS) is 25.5. The lowest BCUT2D eigenvalue weighted by molar-refractivity contribution is 0.0762. The smallest absolute Gasteiger partial charge is 0.0300 e. The van der Waals surface area contributed by atoms with Crippen molar-refractivity contribution in [2.45, 2.75) is 52.9 Å². The van der Waals surface area contributed by atoms with Crippen molar-refractivity contribution in [3.05, 3.63) is 0 Å². The molecule has 1 rings (SSSR count). The van der Waals surface area contributed by atoms with Gasteiger partial charge in [0.25, 0.3) is 0 Å². The van der Waals surface area contributed by atoms with Crippen LogP contribution in [0.4, 0.5) is 0 Å². The van der Waals surface area contributed by atoms with Gasteiger partial charge in [-0.05, 0) is 24.2 Å². The molecular weight excluding hydrogens is 120 g/mol. The van der Waals surface area contributed by atoms with Crippen molar-refractivity contribution in [3.63, 3.8) is 0 Å². The summed E-state index contributed by atoms with van der Waals surface area (Å²) in [7, 11) is 0. The van der Waals surface area contributed by atoms with Crippen molar-refractivity contribution < 1.29 is 0 Å². The molecule has 0 nitrogen and oxygen atoms in total. The SMILES string of the molecule is CCCC(C)C1(C)CCC1. The molecule has 1 unspecified atom stereocenters. The highest BCUT2D eigenvalue weighted by Crippen LogP contribution is 2.47. The summed E-state index contributed by atoms with van der Waals surface area (Å²) in [5.74, 6) is 0.964. The van der Waals surface area contributed by atoms with E-state index in [4.69, 9.17) is 0 Å². The van der Waals surface area contributed by atoms with E-state index in [-0.39, 0.29) is 0 Å². The molecule has 0 aromatic carbocycles. The predicted molar refractivity (Wildman–Crippen MR) is 46.0 cm³/mol. The van der Waals surface area contributed by atoms with E-state index >= 15 is 0 Å². The third kappa shape index (κ3) is 1.36. The van der Waals surface area contributed by atoms with Crippen LogP contribution in [0.3, 0.4) is 0 Å². The Morgan fingerprint density at radius 1 is 1.40 bits per heavy atom. The summed E-state index contributed by atoms with van der Waals surface area (Å²) >= 11 is 0. The zero-order chi connectivity index (χ0) is 7.61. The van der Waals surface area contributed by atoms with E-state index < -0.39 is 0 Å². The van der Waals surface area contributed by atoms with E-state index in [0.29, 0.717) is 0 Å². The Balaban J connectivity index is 2.31. The summed E-state index contributed by atoms with van der Waals surface area (Å²) in [6, 6.07) is 0. The molecule has 0 radical (unpaired) electrons. The summed E-state index contributed by atoms with van der Waals surface area (Å²) in [6.07, 6.45) is 7.22. The first kappa shape index (κ1) is 8.10. The first-order chi connectivity index (χ1) is 4.69. The molecular formula is C10H20. The third-order valence-corrected chi connectivity index (χ3v) is 3.41. The Morgan fingerprint density at radius 3 is 2.30 bits per heavy atom. The maximum absolute atomic E-state index is 2.46. The minimum atomic E-state index is 0.732. The van der Waals surface area contributed by atoms with Crippen molar-refractivity contribution in [3.8, 4) is 0 Å². The van der Waals surface area contributed by atoms with Crippen LogP contribution in [0.2, 0.25) is 0 Å². The molecule has 0 saturated heterocycles. The van der Waals surface area contributed by atoms with Crippen LogP contribution in [0, 0.1) is 11.3 Å². The van der Waals surface area contributed by atoms with E-state index in [1.54, 1.807) is 0 Å². The van der Waals surface area contributed by atoms with Gasteiger partial charge < -0.3 is 0 Å². The fraction of sp³-hybridized carbons (Fsp3) is 1.00. The monoisotopic (exact) mass is 140 g/mol. The van der Waals surface area contributed by atoms with Crippen LogP contribution in [0.25, 0.3) is 0 Å². The molecule has 0 bridgehead atoms. The van der Waals surface area contributed by atoms with Crippen molar-refractivity contribution in [2.24, 2.45) is 11.3 Å². The second-order valence-corrected chi connectivity index (χ2v) is 4.20. The average molecular weight is 140 g/mol. The minimum Gasteiger partial charge on any atom is -0.0654 e. The second-order valence-electron chi connectivity index (χ2n) is 4.20. The molecule has 60 valence electrons. The molecule has 0 heterocycles. The van der Waals surface area contributed by atoms with Gasteiger partial charge in [0.05, 0.1) is 0 Å². The molecule has 0 aromatic heterocycles. The fourth-order valence-corrected chi connectivity index (χ4v) is 2.01. The van der Waals surface area contributed by atoms with Gasteiger partial charge in [0, 0.05) is 0 Å². The van der Waals surface area contributed by atoms with Gasteiger partial charge in [0.1, 0.15) is 0 Å². The van der Waals surface area contributed by atoms with E-state index in [1.807, 2.05) is 0 Å². The fourth-order valence-electron chi connectivity index (χ4n) is 2.01. The van der Waals surface area contributed by atoms with Gasteiger partial charge in [-0.1, -0.05) is 40.0 Å². The first-order valence-corrected chi connectivity index (χ1v) is 4.69. The van der Waals surface area contributed by atoms with Crippen LogP contribution in [0.1, 0.15) is 52.9 Å². The van der Waals surface area contributed by atoms with Crippen LogP contribution in [-0.2, 0) is 0 Å². The third-order valence-electron chi connectivity index (χ3n) is 3.41. The molecule has 1 aliphatic rings. The maximum atomic E-state index is 2.46. The quantitative estimate of drug-likeness (QED) is 0.561. The summed E-state index contributed by atoms with van der Waals surface area (Å²) < 4.78 is 0. The summed E-state index contributed by atoms with van der Waals surface area (Å²) in [5.41, 5.74) is 0.732. The summed E-state index contributed by atoms with van der Waals surface area (Å²) in [4.78, 5) is 0. The summed E-state index contributed by atoms with van der Waals surface area (Å²) in [6.45, 7) is 7.16. The number of hydrogen-bond donors (Lipinski definition) is 0.